The van der Waals surface area contributed by atoms with Gasteiger partial charge in [0.15, 0.2) is 11.2 Å². The van der Waals surface area contributed by atoms with Gasteiger partial charge in [-0.15, -0.1) is 0 Å². The first-order valence-corrected chi connectivity index (χ1v) is 10.8. The summed E-state index contributed by atoms with van der Waals surface area (Å²) in [6, 6.07) is 11.8. The van der Waals surface area contributed by atoms with E-state index in [1.807, 2.05) is 33.7 Å². The first-order chi connectivity index (χ1) is 15.9. The van der Waals surface area contributed by atoms with Crippen LogP contribution in [0, 0.1) is 5.82 Å². The number of hydrogen-bond donors (Lipinski definition) is 0. The van der Waals surface area contributed by atoms with Gasteiger partial charge in [-0.25, -0.2) is 9.18 Å². The molecule has 170 valence electrons. The highest BCUT2D eigenvalue weighted by molar-refractivity contribution is 6.31. The molecule has 0 saturated carbocycles. The van der Waals surface area contributed by atoms with Crippen LogP contribution in [0.2, 0.25) is 5.02 Å². The molecule has 2 aromatic carbocycles. The molecule has 10 heteroatoms. The second kappa shape index (κ2) is 8.08. The van der Waals surface area contributed by atoms with Crippen LogP contribution in [0.15, 0.2) is 52.1 Å². The Hall–Kier alpha value is -3.59. The van der Waals surface area contributed by atoms with Crippen molar-refractivity contribution in [3.63, 3.8) is 0 Å². The summed E-state index contributed by atoms with van der Waals surface area (Å²) in [7, 11) is 3.15. The maximum atomic E-state index is 14.4. The number of halogens is 2. The van der Waals surface area contributed by atoms with Gasteiger partial charge in [0.05, 0.1) is 19.3 Å². The number of nitrogens with zero attached hydrogens (tertiary/aromatic N) is 5. The minimum Gasteiger partial charge on any atom is -0.495 e. The van der Waals surface area contributed by atoms with E-state index in [1.54, 1.807) is 14.2 Å². The molecule has 2 aromatic heterocycles. The van der Waals surface area contributed by atoms with Crippen LogP contribution in [0.25, 0.3) is 11.2 Å². The highest BCUT2D eigenvalue weighted by Gasteiger charge is 2.28. The Morgan fingerprint density at radius 3 is 2.67 bits per heavy atom. The molecular formula is C23H21ClFN5O3. The number of hydrogen-bond acceptors (Lipinski definition) is 5. The van der Waals surface area contributed by atoms with E-state index in [0.717, 1.165) is 16.7 Å². The highest BCUT2D eigenvalue weighted by Crippen LogP contribution is 2.36. The maximum Gasteiger partial charge on any atom is 0.332 e. The lowest BCUT2D eigenvalue weighted by Crippen LogP contribution is -2.40. The zero-order valence-electron chi connectivity index (χ0n) is 18.1. The molecule has 0 amide bonds. The zero-order valence-corrected chi connectivity index (χ0v) is 18.8. The smallest absolute Gasteiger partial charge is 0.332 e. The van der Waals surface area contributed by atoms with Crippen LogP contribution >= 0.6 is 11.6 Å². The van der Waals surface area contributed by atoms with E-state index in [-0.39, 0.29) is 22.8 Å². The molecule has 5 rings (SSSR count). The fourth-order valence-corrected chi connectivity index (χ4v) is 4.55. The van der Waals surface area contributed by atoms with Crippen molar-refractivity contribution in [2.75, 3.05) is 18.6 Å². The molecule has 0 aliphatic carbocycles. The molecule has 0 saturated heterocycles. The summed E-state index contributed by atoms with van der Waals surface area (Å²) in [6.07, 6.45) is 0.762. The third kappa shape index (κ3) is 3.31. The summed E-state index contributed by atoms with van der Waals surface area (Å²) < 4.78 is 24.0. The van der Waals surface area contributed by atoms with E-state index in [2.05, 4.69) is 4.98 Å². The van der Waals surface area contributed by atoms with Gasteiger partial charge in [-0.05, 0) is 30.7 Å². The van der Waals surface area contributed by atoms with Gasteiger partial charge < -0.3 is 14.2 Å². The Kier molecular flexibility index (Phi) is 5.20. The molecule has 33 heavy (non-hydrogen) atoms. The number of ether oxygens (including phenoxy) is 1. The van der Waals surface area contributed by atoms with Crippen LogP contribution in [-0.4, -0.2) is 32.3 Å². The van der Waals surface area contributed by atoms with Crippen LogP contribution < -0.4 is 20.9 Å². The van der Waals surface area contributed by atoms with Gasteiger partial charge in [-0.1, -0.05) is 29.8 Å². The lowest BCUT2D eigenvalue weighted by Gasteiger charge is -2.30. The Labute approximate surface area is 193 Å². The number of fused-ring (bicyclic) bond motifs is 3. The lowest BCUT2D eigenvalue weighted by atomic mass is 10.2. The molecule has 0 bridgehead atoms. The highest BCUT2D eigenvalue weighted by atomic mass is 35.5. The van der Waals surface area contributed by atoms with Crippen LogP contribution in [0.3, 0.4) is 0 Å². The van der Waals surface area contributed by atoms with Crippen LogP contribution in [0.1, 0.15) is 12.0 Å². The molecular weight excluding hydrogens is 449 g/mol. The van der Waals surface area contributed by atoms with E-state index in [1.165, 1.54) is 22.8 Å². The second-order valence-corrected chi connectivity index (χ2v) is 8.25. The fraction of sp³-hybridized carbons (Fsp3) is 0.261. The molecule has 8 nitrogen and oxygen atoms in total. The number of aromatic nitrogens is 4. The molecule has 1 aliphatic heterocycles. The standard InChI is InChI=1S/C23H21ClFN5O3/c1-27-20-19(21(31)30(23(27)32)13-14-15(24)7-5-8-16(14)25)29-12-6-11-28(22(29)26-20)17-9-3-4-10-18(17)33-2/h3-5,7-10H,6,11-13H2,1-2H3. The van der Waals surface area contributed by atoms with Crippen molar-refractivity contribution in [3.05, 3.63) is 79.7 Å². The number of anilines is 2. The molecule has 0 atom stereocenters. The zero-order chi connectivity index (χ0) is 23.3. The molecule has 1 aliphatic rings. The number of methoxy groups -OCH3 is 1. The third-order valence-electron chi connectivity index (χ3n) is 5.97. The van der Waals surface area contributed by atoms with Crippen molar-refractivity contribution >= 4 is 34.4 Å². The molecule has 0 unspecified atom stereocenters. The quantitative estimate of drug-likeness (QED) is 0.458. The first kappa shape index (κ1) is 21.3. The van der Waals surface area contributed by atoms with E-state index in [9.17, 15) is 14.0 Å². The number of imidazole rings is 1. The van der Waals surface area contributed by atoms with E-state index in [4.69, 9.17) is 16.3 Å². The minimum absolute atomic E-state index is 0.0896. The van der Waals surface area contributed by atoms with Crippen molar-refractivity contribution in [2.24, 2.45) is 7.05 Å². The van der Waals surface area contributed by atoms with Gasteiger partial charge >= 0.3 is 5.69 Å². The van der Waals surface area contributed by atoms with Crippen molar-refractivity contribution in [1.82, 2.24) is 18.7 Å². The molecule has 0 N–H and O–H groups in total. The van der Waals surface area contributed by atoms with Crippen LogP contribution in [0.5, 0.6) is 5.75 Å². The SMILES string of the molecule is COc1ccccc1N1CCCn2c1nc1c2c(=O)n(Cc2c(F)cccc2Cl)c(=O)n1C. The number of benzene rings is 2. The van der Waals surface area contributed by atoms with Crippen LogP contribution in [0.4, 0.5) is 16.0 Å². The van der Waals surface area contributed by atoms with E-state index in [0.29, 0.717) is 30.3 Å². The summed E-state index contributed by atoms with van der Waals surface area (Å²) in [4.78, 5) is 33.2. The molecule has 3 heterocycles. The van der Waals surface area contributed by atoms with Gasteiger partial charge in [0.2, 0.25) is 5.95 Å². The van der Waals surface area contributed by atoms with Crippen molar-refractivity contribution in [1.29, 1.82) is 0 Å². The molecule has 4 aromatic rings. The summed E-state index contributed by atoms with van der Waals surface area (Å²) in [5.74, 6) is 0.655. The average molecular weight is 470 g/mol. The Morgan fingerprint density at radius 2 is 1.91 bits per heavy atom. The Bertz CT molecular complexity index is 1490. The fourth-order valence-electron chi connectivity index (χ4n) is 4.33. The Morgan fingerprint density at radius 1 is 1.12 bits per heavy atom. The van der Waals surface area contributed by atoms with E-state index < -0.39 is 17.1 Å². The van der Waals surface area contributed by atoms with Crippen molar-refractivity contribution in [2.45, 2.75) is 19.5 Å². The summed E-state index contributed by atoms with van der Waals surface area (Å²) >= 11 is 6.15. The summed E-state index contributed by atoms with van der Waals surface area (Å²) in [5, 5.41) is 0.154. The predicted octanol–water partition coefficient (Wildman–Crippen LogP) is 3.29. The normalized spacial score (nSPS) is 13.4. The Balaban J connectivity index is 1.73. The molecule has 0 spiro atoms. The molecule has 0 radical (unpaired) electrons. The largest absolute Gasteiger partial charge is 0.495 e. The summed E-state index contributed by atoms with van der Waals surface area (Å²) in [5.41, 5.74) is 0.350. The van der Waals surface area contributed by atoms with Gasteiger partial charge in [-0.3, -0.25) is 13.9 Å². The first-order valence-electron chi connectivity index (χ1n) is 10.5. The second-order valence-electron chi connectivity index (χ2n) is 7.85. The average Bonchev–Trinajstić information content (AvgIpc) is 3.22. The molecule has 0 fully saturated rings. The number of para-hydroxylation sites is 2. The van der Waals surface area contributed by atoms with E-state index >= 15 is 0 Å². The van der Waals surface area contributed by atoms with Gasteiger partial charge in [-0.2, -0.15) is 4.98 Å². The van der Waals surface area contributed by atoms with Crippen molar-refractivity contribution in [3.8, 4) is 5.75 Å². The lowest BCUT2D eigenvalue weighted by molar-refractivity contribution is 0.414. The minimum atomic E-state index is -0.592. The number of aryl methyl sites for hydroxylation is 2. The maximum absolute atomic E-state index is 14.4. The third-order valence-corrected chi connectivity index (χ3v) is 6.33. The van der Waals surface area contributed by atoms with Gasteiger partial charge in [0.1, 0.15) is 11.6 Å². The van der Waals surface area contributed by atoms with Gasteiger partial charge in [0, 0.05) is 30.7 Å². The monoisotopic (exact) mass is 469 g/mol. The topological polar surface area (TPSA) is 74.3 Å². The number of rotatable bonds is 4. The van der Waals surface area contributed by atoms with Gasteiger partial charge in [0.25, 0.3) is 5.56 Å². The predicted molar refractivity (Wildman–Crippen MR) is 124 cm³/mol. The summed E-state index contributed by atoms with van der Waals surface area (Å²) in [6.45, 7) is 0.964. The van der Waals surface area contributed by atoms with Crippen molar-refractivity contribution < 1.29 is 9.13 Å². The van der Waals surface area contributed by atoms with Crippen LogP contribution in [-0.2, 0) is 20.1 Å².